The first-order chi connectivity index (χ1) is 7.13. The summed E-state index contributed by atoms with van der Waals surface area (Å²) in [5, 5.41) is 0. The molecule has 1 aromatic rings. The van der Waals surface area contributed by atoms with Crippen LogP contribution in [-0.2, 0) is 6.42 Å². The van der Waals surface area contributed by atoms with E-state index in [2.05, 4.69) is 6.07 Å². The Bertz CT molecular complexity index is 310. The molecule has 1 aromatic carbocycles. The molecule has 0 amide bonds. The largest absolute Gasteiger partial charge is 0.495 e. The van der Waals surface area contributed by atoms with Crippen molar-refractivity contribution in [3.8, 4) is 5.75 Å². The molecule has 0 bridgehead atoms. The fraction of sp³-hybridized carbons (Fsp3) is 0.500. The second-order valence-corrected chi connectivity index (χ2v) is 3.95. The van der Waals surface area contributed by atoms with Gasteiger partial charge in [0.1, 0.15) is 5.75 Å². The first-order valence-electron chi connectivity index (χ1n) is 5.31. The smallest absolute Gasteiger partial charge is 0.141 e. The van der Waals surface area contributed by atoms with Crippen LogP contribution in [0.4, 0.5) is 5.69 Å². The molecular formula is C12H20N2O. The van der Waals surface area contributed by atoms with E-state index in [0.717, 1.165) is 25.0 Å². The molecule has 1 rings (SSSR count). The fourth-order valence-electron chi connectivity index (χ4n) is 1.57. The van der Waals surface area contributed by atoms with Gasteiger partial charge in [-0.25, -0.2) is 0 Å². The second-order valence-electron chi connectivity index (χ2n) is 3.95. The maximum atomic E-state index is 5.81. The van der Waals surface area contributed by atoms with E-state index in [9.17, 15) is 0 Å². The zero-order chi connectivity index (χ0) is 11.3. The van der Waals surface area contributed by atoms with Crippen LogP contribution in [0.15, 0.2) is 18.2 Å². The van der Waals surface area contributed by atoms with Crippen molar-refractivity contribution in [1.82, 2.24) is 0 Å². The van der Waals surface area contributed by atoms with Crippen molar-refractivity contribution >= 4 is 5.69 Å². The first kappa shape index (κ1) is 11.9. The van der Waals surface area contributed by atoms with Crippen molar-refractivity contribution in [1.29, 1.82) is 0 Å². The summed E-state index contributed by atoms with van der Waals surface area (Å²) in [5.41, 5.74) is 13.4. The summed E-state index contributed by atoms with van der Waals surface area (Å²) in [5.74, 6) is 0.742. The van der Waals surface area contributed by atoms with Crippen molar-refractivity contribution < 1.29 is 4.74 Å². The number of nitrogens with two attached hydrogens (primary N) is 2. The SMILES string of the molecule is COc1ccc(CCC[C@@H](C)N)cc1N. The zero-order valence-corrected chi connectivity index (χ0v) is 9.49. The van der Waals surface area contributed by atoms with E-state index in [1.54, 1.807) is 7.11 Å². The Balaban J connectivity index is 2.52. The molecule has 0 aromatic heterocycles. The van der Waals surface area contributed by atoms with Gasteiger partial charge in [0.25, 0.3) is 0 Å². The van der Waals surface area contributed by atoms with Crippen molar-refractivity contribution in [2.45, 2.75) is 32.2 Å². The first-order valence-corrected chi connectivity index (χ1v) is 5.31. The van der Waals surface area contributed by atoms with Crippen LogP contribution < -0.4 is 16.2 Å². The molecule has 3 heteroatoms. The highest BCUT2D eigenvalue weighted by Gasteiger charge is 2.01. The maximum Gasteiger partial charge on any atom is 0.141 e. The van der Waals surface area contributed by atoms with Gasteiger partial charge in [-0.15, -0.1) is 0 Å². The minimum Gasteiger partial charge on any atom is -0.495 e. The molecule has 0 aliphatic carbocycles. The van der Waals surface area contributed by atoms with Gasteiger partial charge in [0.05, 0.1) is 12.8 Å². The van der Waals surface area contributed by atoms with Gasteiger partial charge in [0.15, 0.2) is 0 Å². The molecule has 0 aliphatic rings. The van der Waals surface area contributed by atoms with Gasteiger partial charge in [-0.05, 0) is 43.9 Å². The van der Waals surface area contributed by atoms with Crippen molar-refractivity contribution in [3.05, 3.63) is 23.8 Å². The highest BCUT2D eigenvalue weighted by molar-refractivity contribution is 5.54. The summed E-state index contributed by atoms with van der Waals surface area (Å²) in [6.07, 6.45) is 3.17. The summed E-state index contributed by atoms with van der Waals surface area (Å²) in [4.78, 5) is 0. The van der Waals surface area contributed by atoms with Crippen LogP contribution in [-0.4, -0.2) is 13.2 Å². The number of methoxy groups -OCH3 is 1. The standard InChI is InChI=1S/C12H20N2O/c1-9(13)4-3-5-10-6-7-12(15-2)11(14)8-10/h6-9H,3-5,13-14H2,1-2H3/t9-/m1/s1. The Morgan fingerprint density at radius 1 is 1.40 bits per heavy atom. The molecule has 0 aliphatic heterocycles. The maximum absolute atomic E-state index is 5.81. The number of benzene rings is 1. The van der Waals surface area contributed by atoms with Crippen LogP contribution in [0.3, 0.4) is 0 Å². The quantitative estimate of drug-likeness (QED) is 0.727. The lowest BCUT2D eigenvalue weighted by atomic mass is 10.1. The minimum atomic E-state index is 0.278. The Kier molecular flexibility index (Phi) is 4.43. The highest BCUT2D eigenvalue weighted by Crippen LogP contribution is 2.22. The summed E-state index contributed by atoms with van der Waals surface area (Å²) >= 11 is 0. The second kappa shape index (κ2) is 5.61. The molecule has 0 fully saturated rings. The number of aryl methyl sites for hydroxylation is 1. The monoisotopic (exact) mass is 208 g/mol. The van der Waals surface area contributed by atoms with Crippen molar-refractivity contribution in [2.75, 3.05) is 12.8 Å². The Morgan fingerprint density at radius 3 is 2.67 bits per heavy atom. The molecule has 15 heavy (non-hydrogen) atoms. The van der Waals surface area contributed by atoms with Crippen LogP contribution in [0.25, 0.3) is 0 Å². The molecule has 0 saturated carbocycles. The van der Waals surface area contributed by atoms with Gasteiger partial charge < -0.3 is 16.2 Å². The van der Waals surface area contributed by atoms with E-state index in [-0.39, 0.29) is 6.04 Å². The lowest BCUT2D eigenvalue weighted by Crippen LogP contribution is -2.14. The number of anilines is 1. The van der Waals surface area contributed by atoms with E-state index < -0.39 is 0 Å². The molecule has 0 saturated heterocycles. The normalized spacial score (nSPS) is 12.5. The van der Waals surface area contributed by atoms with Crippen LogP contribution >= 0.6 is 0 Å². The van der Waals surface area contributed by atoms with Gasteiger partial charge in [0, 0.05) is 6.04 Å². The number of hydrogen-bond donors (Lipinski definition) is 2. The Hall–Kier alpha value is -1.22. The fourth-order valence-corrected chi connectivity index (χ4v) is 1.57. The lowest BCUT2D eigenvalue weighted by molar-refractivity contribution is 0.417. The molecule has 84 valence electrons. The van der Waals surface area contributed by atoms with E-state index in [1.165, 1.54) is 5.56 Å². The Morgan fingerprint density at radius 2 is 2.13 bits per heavy atom. The van der Waals surface area contributed by atoms with Gasteiger partial charge in [-0.3, -0.25) is 0 Å². The third-order valence-electron chi connectivity index (χ3n) is 2.42. The van der Waals surface area contributed by atoms with E-state index in [0.29, 0.717) is 5.69 Å². The van der Waals surface area contributed by atoms with Crippen molar-refractivity contribution in [2.24, 2.45) is 5.73 Å². The third-order valence-corrected chi connectivity index (χ3v) is 2.42. The predicted octanol–water partition coefficient (Wildman–Crippen LogP) is 1.95. The van der Waals surface area contributed by atoms with Gasteiger partial charge >= 0.3 is 0 Å². The molecule has 4 N–H and O–H groups in total. The predicted molar refractivity (Wildman–Crippen MR) is 64.0 cm³/mol. The minimum absolute atomic E-state index is 0.278. The summed E-state index contributed by atoms with van der Waals surface area (Å²) in [6, 6.07) is 6.22. The molecular weight excluding hydrogens is 188 g/mol. The average Bonchev–Trinajstić information content (AvgIpc) is 2.17. The van der Waals surface area contributed by atoms with Crippen LogP contribution in [0.5, 0.6) is 5.75 Å². The zero-order valence-electron chi connectivity index (χ0n) is 9.49. The lowest BCUT2D eigenvalue weighted by Gasteiger charge is -2.08. The molecule has 0 spiro atoms. The highest BCUT2D eigenvalue weighted by atomic mass is 16.5. The molecule has 0 heterocycles. The molecule has 3 nitrogen and oxygen atoms in total. The van der Waals surface area contributed by atoms with E-state index >= 15 is 0 Å². The van der Waals surface area contributed by atoms with Crippen LogP contribution in [0.1, 0.15) is 25.3 Å². The molecule has 0 unspecified atom stereocenters. The summed E-state index contributed by atoms with van der Waals surface area (Å²) in [6.45, 7) is 2.03. The topological polar surface area (TPSA) is 61.3 Å². The van der Waals surface area contributed by atoms with Crippen LogP contribution in [0.2, 0.25) is 0 Å². The number of ether oxygens (including phenoxy) is 1. The summed E-state index contributed by atoms with van der Waals surface area (Å²) < 4.78 is 5.10. The van der Waals surface area contributed by atoms with Gasteiger partial charge in [-0.1, -0.05) is 6.07 Å². The number of hydrogen-bond acceptors (Lipinski definition) is 3. The number of nitrogen functional groups attached to an aromatic ring is 1. The van der Waals surface area contributed by atoms with E-state index in [4.69, 9.17) is 16.2 Å². The van der Waals surface area contributed by atoms with E-state index in [1.807, 2.05) is 19.1 Å². The van der Waals surface area contributed by atoms with Gasteiger partial charge in [-0.2, -0.15) is 0 Å². The third kappa shape index (κ3) is 3.80. The molecule has 0 radical (unpaired) electrons. The van der Waals surface area contributed by atoms with Crippen molar-refractivity contribution in [3.63, 3.8) is 0 Å². The number of rotatable bonds is 5. The van der Waals surface area contributed by atoms with Gasteiger partial charge in [0.2, 0.25) is 0 Å². The average molecular weight is 208 g/mol. The molecule has 1 atom stereocenters. The van der Waals surface area contributed by atoms with Crippen LogP contribution in [0, 0.1) is 0 Å². The Labute approximate surface area is 91.4 Å². The summed E-state index contributed by atoms with van der Waals surface area (Å²) in [7, 11) is 1.63.